The van der Waals surface area contributed by atoms with Crippen LogP contribution in [0.15, 0.2) is 200 Å². The van der Waals surface area contributed by atoms with E-state index in [-0.39, 0.29) is 5.41 Å². The summed E-state index contributed by atoms with van der Waals surface area (Å²) in [4.78, 5) is 2.45. The van der Waals surface area contributed by atoms with Gasteiger partial charge in [0.1, 0.15) is 0 Å². The van der Waals surface area contributed by atoms with E-state index in [9.17, 15) is 0 Å². The first-order valence-electron chi connectivity index (χ1n) is 18.9. The summed E-state index contributed by atoms with van der Waals surface area (Å²) in [5.74, 6) is 0. The second kappa shape index (κ2) is 12.8. The standard InChI is InChI=1S/C53H39N/c1-53(2)49-23-11-10-21-48(49)52-50(53)24-13-25-51(52)54(40-30-26-38(27-31-40)43-22-12-17-37-16-6-7-18-42(37)43)41-32-28-39(29-33-41)45-35-34-44(36-14-4-3-5-15-36)46-19-8-9-20-47(45)46/h3-35H,1-2H3. The van der Waals surface area contributed by atoms with Crippen molar-refractivity contribution < 1.29 is 0 Å². The van der Waals surface area contributed by atoms with Crippen LogP contribution < -0.4 is 4.90 Å². The first-order chi connectivity index (χ1) is 26.6. The van der Waals surface area contributed by atoms with Gasteiger partial charge in [-0.15, -0.1) is 0 Å². The van der Waals surface area contributed by atoms with Gasteiger partial charge >= 0.3 is 0 Å². The molecule has 0 radical (unpaired) electrons. The van der Waals surface area contributed by atoms with Crippen molar-refractivity contribution in [2.45, 2.75) is 19.3 Å². The van der Waals surface area contributed by atoms with Gasteiger partial charge in [0.25, 0.3) is 0 Å². The fourth-order valence-corrected chi connectivity index (χ4v) is 8.83. The zero-order valence-electron chi connectivity index (χ0n) is 30.5. The highest BCUT2D eigenvalue weighted by atomic mass is 15.1. The van der Waals surface area contributed by atoms with Crippen LogP contribution in [0.3, 0.4) is 0 Å². The number of hydrogen-bond acceptors (Lipinski definition) is 1. The Kier molecular flexibility index (Phi) is 7.56. The van der Waals surface area contributed by atoms with E-state index in [1.54, 1.807) is 0 Å². The smallest absolute Gasteiger partial charge is 0.0543 e. The van der Waals surface area contributed by atoms with Gasteiger partial charge in [-0.25, -0.2) is 0 Å². The zero-order valence-corrected chi connectivity index (χ0v) is 30.5. The molecule has 9 aromatic rings. The Labute approximate surface area is 317 Å². The highest BCUT2D eigenvalue weighted by Gasteiger charge is 2.37. The Morgan fingerprint density at radius 3 is 1.46 bits per heavy atom. The first-order valence-corrected chi connectivity index (χ1v) is 18.9. The van der Waals surface area contributed by atoms with Crippen molar-refractivity contribution in [2.24, 2.45) is 0 Å². The molecule has 0 fully saturated rings. The average molecular weight is 690 g/mol. The second-order valence-electron chi connectivity index (χ2n) is 14.9. The second-order valence-corrected chi connectivity index (χ2v) is 14.9. The monoisotopic (exact) mass is 689 g/mol. The average Bonchev–Trinajstić information content (AvgIpc) is 3.47. The Hall–Kier alpha value is -6.70. The van der Waals surface area contributed by atoms with Crippen LogP contribution in [0.1, 0.15) is 25.0 Å². The van der Waals surface area contributed by atoms with E-state index in [0.717, 1.165) is 11.4 Å². The van der Waals surface area contributed by atoms with Gasteiger partial charge < -0.3 is 4.90 Å². The van der Waals surface area contributed by atoms with Gasteiger partial charge in [-0.1, -0.05) is 184 Å². The van der Waals surface area contributed by atoms with Crippen molar-refractivity contribution in [3.05, 3.63) is 211 Å². The molecule has 0 heterocycles. The number of fused-ring (bicyclic) bond motifs is 5. The van der Waals surface area contributed by atoms with Gasteiger partial charge in [0.15, 0.2) is 0 Å². The molecule has 0 amide bonds. The Morgan fingerprint density at radius 2 is 0.796 bits per heavy atom. The maximum absolute atomic E-state index is 2.45. The molecule has 0 unspecified atom stereocenters. The Bertz CT molecular complexity index is 2820. The van der Waals surface area contributed by atoms with E-state index in [1.165, 1.54) is 82.9 Å². The van der Waals surface area contributed by atoms with Crippen molar-refractivity contribution in [3.63, 3.8) is 0 Å². The summed E-state index contributed by atoms with van der Waals surface area (Å²) >= 11 is 0. The lowest BCUT2D eigenvalue weighted by Crippen LogP contribution is -2.16. The van der Waals surface area contributed by atoms with Gasteiger partial charge in [-0.05, 0) is 102 Å². The van der Waals surface area contributed by atoms with Crippen LogP contribution in [0.2, 0.25) is 0 Å². The fraction of sp³-hybridized carbons (Fsp3) is 0.0566. The molecule has 1 heteroatoms. The predicted molar refractivity (Wildman–Crippen MR) is 230 cm³/mol. The Balaban J connectivity index is 1.12. The maximum Gasteiger partial charge on any atom is 0.0543 e. The molecule has 1 aliphatic rings. The Morgan fingerprint density at radius 1 is 0.333 bits per heavy atom. The number of hydrogen-bond donors (Lipinski definition) is 0. The van der Waals surface area contributed by atoms with Gasteiger partial charge in [-0.2, -0.15) is 0 Å². The maximum atomic E-state index is 2.45. The molecular weight excluding hydrogens is 651 g/mol. The van der Waals surface area contributed by atoms with Crippen molar-refractivity contribution >= 4 is 38.6 Å². The topological polar surface area (TPSA) is 3.24 Å². The molecule has 9 aromatic carbocycles. The van der Waals surface area contributed by atoms with Crippen LogP contribution >= 0.6 is 0 Å². The van der Waals surface area contributed by atoms with Crippen molar-refractivity contribution in [2.75, 3.05) is 4.90 Å². The van der Waals surface area contributed by atoms with E-state index >= 15 is 0 Å². The normalized spacial score (nSPS) is 12.8. The molecule has 0 saturated carbocycles. The van der Waals surface area contributed by atoms with Crippen LogP contribution in [0, 0.1) is 0 Å². The third-order valence-electron chi connectivity index (χ3n) is 11.5. The minimum atomic E-state index is -0.0946. The van der Waals surface area contributed by atoms with Crippen LogP contribution in [-0.2, 0) is 5.41 Å². The third kappa shape index (κ3) is 5.16. The molecule has 54 heavy (non-hydrogen) atoms. The number of nitrogens with zero attached hydrogens (tertiary/aromatic N) is 1. The number of rotatable bonds is 6. The summed E-state index contributed by atoms with van der Waals surface area (Å²) in [6.07, 6.45) is 0. The molecule has 0 saturated heterocycles. The van der Waals surface area contributed by atoms with E-state index in [4.69, 9.17) is 0 Å². The van der Waals surface area contributed by atoms with Crippen molar-refractivity contribution in [1.82, 2.24) is 0 Å². The molecule has 0 atom stereocenters. The van der Waals surface area contributed by atoms with Crippen molar-refractivity contribution in [1.29, 1.82) is 0 Å². The minimum absolute atomic E-state index is 0.0946. The van der Waals surface area contributed by atoms with Crippen LogP contribution in [0.4, 0.5) is 17.1 Å². The SMILES string of the molecule is CC1(C)c2ccccc2-c2c(N(c3ccc(-c4cccc5ccccc45)cc3)c3ccc(-c4ccc(-c5ccccc5)c5ccccc45)cc3)cccc21. The van der Waals surface area contributed by atoms with E-state index in [0.29, 0.717) is 0 Å². The van der Waals surface area contributed by atoms with Gasteiger partial charge in [0.05, 0.1) is 5.69 Å². The van der Waals surface area contributed by atoms with Gasteiger partial charge in [0, 0.05) is 22.4 Å². The summed E-state index contributed by atoms with van der Waals surface area (Å²) in [6.45, 7) is 4.71. The first kappa shape index (κ1) is 32.0. The predicted octanol–water partition coefficient (Wildman–Crippen LogP) is 14.8. The quantitative estimate of drug-likeness (QED) is 0.168. The highest BCUT2D eigenvalue weighted by molar-refractivity contribution is 6.05. The fourth-order valence-electron chi connectivity index (χ4n) is 8.83. The molecule has 0 bridgehead atoms. The van der Waals surface area contributed by atoms with Crippen LogP contribution in [0.5, 0.6) is 0 Å². The van der Waals surface area contributed by atoms with E-state index < -0.39 is 0 Å². The number of anilines is 3. The molecule has 10 rings (SSSR count). The molecule has 1 nitrogen and oxygen atoms in total. The van der Waals surface area contributed by atoms with Crippen molar-refractivity contribution in [3.8, 4) is 44.5 Å². The summed E-state index contributed by atoms with van der Waals surface area (Å²) in [5.41, 5.74) is 16.1. The summed E-state index contributed by atoms with van der Waals surface area (Å²) in [7, 11) is 0. The molecule has 1 aliphatic carbocycles. The van der Waals surface area contributed by atoms with Gasteiger partial charge in [-0.3, -0.25) is 0 Å². The minimum Gasteiger partial charge on any atom is -0.310 e. The molecule has 0 N–H and O–H groups in total. The lowest BCUT2D eigenvalue weighted by atomic mass is 9.82. The van der Waals surface area contributed by atoms with Crippen LogP contribution in [0.25, 0.3) is 66.1 Å². The third-order valence-corrected chi connectivity index (χ3v) is 11.5. The molecule has 256 valence electrons. The number of benzene rings is 9. The molecule has 0 aliphatic heterocycles. The summed E-state index contributed by atoms with van der Waals surface area (Å²) in [6, 6.07) is 73.3. The molecule has 0 spiro atoms. The van der Waals surface area contributed by atoms with Crippen LogP contribution in [-0.4, -0.2) is 0 Å². The zero-order chi connectivity index (χ0) is 36.2. The van der Waals surface area contributed by atoms with E-state index in [1.807, 2.05) is 0 Å². The lowest BCUT2D eigenvalue weighted by Gasteiger charge is -2.29. The summed E-state index contributed by atoms with van der Waals surface area (Å²) in [5, 5.41) is 5.04. The van der Waals surface area contributed by atoms with E-state index in [2.05, 4.69) is 219 Å². The molecular formula is C53H39N. The molecule has 0 aromatic heterocycles. The highest BCUT2D eigenvalue weighted by Crippen LogP contribution is 2.54. The largest absolute Gasteiger partial charge is 0.310 e. The summed E-state index contributed by atoms with van der Waals surface area (Å²) < 4.78 is 0. The lowest BCUT2D eigenvalue weighted by molar-refractivity contribution is 0.660. The van der Waals surface area contributed by atoms with Gasteiger partial charge in [0.2, 0.25) is 0 Å².